The molecule has 0 bridgehead atoms. The number of nitrogen functional groups attached to an aromatic ring is 1. The van der Waals surface area contributed by atoms with Gasteiger partial charge in [0, 0.05) is 0 Å². The first-order valence-electron chi connectivity index (χ1n) is 11.4. The first kappa shape index (κ1) is 29.9. The fourth-order valence-corrected chi connectivity index (χ4v) is 5.31. The molecule has 0 saturated carbocycles. The first-order chi connectivity index (χ1) is 17.8. The van der Waals surface area contributed by atoms with Gasteiger partial charge in [0.1, 0.15) is 35.5 Å². The van der Waals surface area contributed by atoms with E-state index in [1.54, 1.807) is 32.0 Å². The van der Waals surface area contributed by atoms with Gasteiger partial charge in [-0.05, 0) is 32.9 Å². The Bertz CT molecular complexity index is 1240. The number of carbonyl (C=O) groups excluding carboxylic acids is 1. The molecule has 210 valence electrons. The van der Waals surface area contributed by atoms with E-state index >= 15 is 0 Å². The normalized spacial score (nSPS) is 25.6. The van der Waals surface area contributed by atoms with Crippen molar-refractivity contribution in [3.8, 4) is 5.75 Å². The minimum Gasteiger partial charge on any atom is -0.462 e. The van der Waals surface area contributed by atoms with E-state index in [1.165, 1.54) is 19.1 Å². The standard InChI is InChI=1S/C22H28ClF2N4O8P/c1-12(2)35-19(31)13(3)28-38(33,37-14-7-5-4-6-8-14)34-10-16-17(30)22(23,11-24)20(36-16)29-9-15(25)18(26)27-21(29)32/h4-9,12-13,16-17,20,30H,10-11H2,1-3H3,(H,28,33)(H2,26,27,32)/t13-,16+,17?,20+,22+,38?/m0/s1. The van der Waals surface area contributed by atoms with E-state index in [4.69, 9.17) is 35.9 Å². The molecule has 1 aliphatic heterocycles. The molecule has 12 nitrogen and oxygen atoms in total. The van der Waals surface area contributed by atoms with Crippen LogP contribution in [0.5, 0.6) is 5.75 Å². The van der Waals surface area contributed by atoms with E-state index in [1.807, 2.05) is 0 Å². The molecule has 1 saturated heterocycles. The number of rotatable bonds is 11. The van der Waals surface area contributed by atoms with Gasteiger partial charge < -0.3 is 24.8 Å². The molecule has 6 atom stereocenters. The lowest BCUT2D eigenvalue weighted by atomic mass is 10.00. The number of aliphatic hydroxyl groups excluding tert-OH is 1. The van der Waals surface area contributed by atoms with Crippen LogP contribution in [0.1, 0.15) is 27.0 Å². The van der Waals surface area contributed by atoms with Crippen molar-refractivity contribution in [1.29, 1.82) is 0 Å². The van der Waals surface area contributed by atoms with Gasteiger partial charge in [0.25, 0.3) is 0 Å². The van der Waals surface area contributed by atoms with E-state index in [9.17, 15) is 28.0 Å². The molecule has 38 heavy (non-hydrogen) atoms. The highest BCUT2D eigenvalue weighted by atomic mass is 35.5. The van der Waals surface area contributed by atoms with E-state index in [0.717, 1.165) is 0 Å². The van der Waals surface area contributed by atoms with Gasteiger partial charge in [-0.1, -0.05) is 18.2 Å². The highest BCUT2D eigenvalue weighted by Gasteiger charge is 2.57. The molecule has 16 heteroatoms. The zero-order valence-corrected chi connectivity index (χ0v) is 22.3. The number of anilines is 1. The Kier molecular flexibility index (Phi) is 9.50. The number of hydrogen-bond donors (Lipinski definition) is 3. The van der Waals surface area contributed by atoms with Crippen molar-refractivity contribution < 1.29 is 41.8 Å². The van der Waals surface area contributed by atoms with Crippen molar-refractivity contribution >= 4 is 31.1 Å². The summed E-state index contributed by atoms with van der Waals surface area (Å²) in [4.78, 5) is 25.6. The average Bonchev–Trinajstić information content (AvgIpc) is 3.10. The van der Waals surface area contributed by atoms with Gasteiger partial charge in [0.2, 0.25) is 0 Å². The molecule has 2 unspecified atom stereocenters. The number of halogens is 3. The minimum absolute atomic E-state index is 0.115. The monoisotopic (exact) mass is 580 g/mol. The van der Waals surface area contributed by atoms with Gasteiger partial charge in [-0.2, -0.15) is 10.1 Å². The maximum absolute atomic E-state index is 14.1. The number of nitrogens with zero attached hydrogens (tertiary/aromatic N) is 2. The maximum Gasteiger partial charge on any atom is 0.459 e. The van der Waals surface area contributed by atoms with E-state index < -0.39 is 79.8 Å². The number of aliphatic hydroxyl groups is 1. The summed E-state index contributed by atoms with van der Waals surface area (Å²) in [6, 6.07) is 6.69. The number of nitrogens with two attached hydrogens (primary N) is 1. The number of hydrogen-bond acceptors (Lipinski definition) is 10. The van der Waals surface area contributed by atoms with Crippen LogP contribution in [0.25, 0.3) is 0 Å². The van der Waals surface area contributed by atoms with Crippen LogP contribution in [0.2, 0.25) is 0 Å². The van der Waals surface area contributed by atoms with Crippen molar-refractivity contribution in [3.05, 3.63) is 52.8 Å². The number of alkyl halides is 2. The molecule has 1 aliphatic rings. The molecule has 1 aromatic heterocycles. The second kappa shape index (κ2) is 12.1. The summed E-state index contributed by atoms with van der Waals surface area (Å²) in [7, 11) is -4.38. The van der Waals surface area contributed by atoms with Crippen LogP contribution < -0.4 is 21.0 Å². The van der Waals surface area contributed by atoms with Gasteiger partial charge >= 0.3 is 19.4 Å². The molecule has 4 N–H and O–H groups in total. The number of aromatic nitrogens is 2. The largest absolute Gasteiger partial charge is 0.462 e. The Morgan fingerprint density at radius 1 is 1.37 bits per heavy atom. The van der Waals surface area contributed by atoms with Crippen LogP contribution in [-0.2, 0) is 23.4 Å². The average molecular weight is 581 g/mol. The predicted molar refractivity (Wildman–Crippen MR) is 132 cm³/mol. The van der Waals surface area contributed by atoms with Gasteiger partial charge in [0.15, 0.2) is 17.9 Å². The zero-order valence-electron chi connectivity index (χ0n) is 20.6. The predicted octanol–water partition coefficient (Wildman–Crippen LogP) is 2.30. The highest BCUT2D eigenvalue weighted by Crippen LogP contribution is 2.48. The SMILES string of the molecule is CC(C)OC(=O)[C@H](C)NP(=O)(OC[C@H]1O[C@@H](n2cc(F)c(N)nc2=O)[C@@](Cl)(CF)C1O)Oc1ccccc1. The van der Waals surface area contributed by atoms with Gasteiger partial charge in [0.05, 0.1) is 18.9 Å². The van der Waals surface area contributed by atoms with Crippen molar-refractivity contribution in [1.82, 2.24) is 14.6 Å². The van der Waals surface area contributed by atoms with Crippen LogP contribution in [0.4, 0.5) is 14.6 Å². The van der Waals surface area contributed by atoms with Gasteiger partial charge in [-0.3, -0.25) is 13.9 Å². The topological polar surface area (TPSA) is 164 Å². The summed E-state index contributed by atoms with van der Waals surface area (Å²) in [5.74, 6) is -2.43. The molecule has 0 amide bonds. The third-order valence-electron chi connectivity index (χ3n) is 5.38. The Labute approximate surface area is 221 Å². The quantitative estimate of drug-likeness (QED) is 0.203. The van der Waals surface area contributed by atoms with E-state index in [0.29, 0.717) is 10.8 Å². The summed E-state index contributed by atoms with van der Waals surface area (Å²) in [5, 5.41) is 13.2. The van der Waals surface area contributed by atoms with Crippen molar-refractivity contribution in [3.63, 3.8) is 0 Å². The second-order valence-electron chi connectivity index (χ2n) is 8.73. The molecule has 0 spiro atoms. The van der Waals surface area contributed by atoms with Gasteiger partial charge in [-0.25, -0.2) is 18.1 Å². The number of para-hydroxylation sites is 1. The lowest BCUT2D eigenvalue weighted by molar-refractivity contribution is -0.149. The van der Waals surface area contributed by atoms with E-state index in [2.05, 4.69) is 10.1 Å². The molecule has 0 aliphatic carbocycles. The number of ether oxygens (including phenoxy) is 2. The summed E-state index contributed by atoms with van der Waals surface area (Å²) >= 11 is 6.30. The maximum atomic E-state index is 14.1. The Morgan fingerprint density at radius 3 is 2.63 bits per heavy atom. The zero-order chi connectivity index (χ0) is 28.3. The van der Waals surface area contributed by atoms with Crippen LogP contribution >= 0.6 is 19.3 Å². The fraction of sp³-hybridized carbons (Fsp3) is 0.500. The third-order valence-corrected chi connectivity index (χ3v) is 7.54. The third kappa shape index (κ3) is 6.68. The number of esters is 1. The van der Waals surface area contributed by atoms with Crippen molar-refractivity contribution in [2.24, 2.45) is 0 Å². The molecular formula is C22H28ClF2N4O8P. The minimum atomic E-state index is -4.38. The molecule has 0 radical (unpaired) electrons. The highest BCUT2D eigenvalue weighted by molar-refractivity contribution is 7.52. The molecule has 2 heterocycles. The second-order valence-corrected chi connectivity index (χ2v) is 11.1. The first-order valence-corrected chi connectivity index (χ1v) is 13.3. The number of benzene rings is 1. The summed E-state index contributed by atoms with van der Waals surface area (Å²) < 4.78 is 63.9. The molecule has 2 aromatic rings. The Morgan fingerprint density at radius 2 is 2.03 bits per heavy atom. The molecule has 3 rings (SSSR count). The van der Waals surface area contributed by atoms with Crippen molar-refractivity contribution in [2.75, 3.05) is 19.0 Å². The van der Waals surface area contributed by atoms with E-state index in [-0.39, 0.29) is 5.75 Å². The van der Waals surface area contributed by atoms with Crippen molar-refractivity contribution in [2.45, 2.75) is 56.2 Å². The number of nitrogens with one attached hydrogen (secondary N) is 1. The van der Waals surface area contributed by atoms with Crippen LogP contribution in [0.15, 0.2) is 41.3 Å². The smallest absolute Gasteiger partial charge is 0.459 e. The fourth-order valence-electron chi connectivity index (χ4n) is 3.51. The Hall–Kier alpha value is -2.61. The molecular weight excluding hydrogens is 553 g/mol. The lowest BCUT2D eigenvalue weighted by Gasteiger charge is -2.28. The van der Waals surface area contributed by atoms with Crippen LogP contribution in [0, 0.1) is 5.82 Å². The number of carbonyl (C=O) groups is 1. The summed E-state index contributed by atoms with van der Waals surface area (Å²) in [5.41, 5.74) is 4.18. The van der Waals surface area contributed by atoms with Gasteiger partial charge in [-0.15, -0.1) is 11.6 Å². The lowest BCUT2D eigenvalue weighted by Crippen LogP contribution is -2.46. The summed E-state index contributed by atoms with van der Waals surface area (Å²) in [6.07, 6.45) is -4.89. The summed E-state index contributed by atoms with van der Waals surface area (Å²) in [6.45, 7) is 2.51. The molecule has 1 aromatic carbocycles. The molecule has 1 fully saturated rings. The Balaban J connectivity index is 1.84. The van der Waals surface area contributed by atoms with Crippen LogP contribution in [0.3, 0.4) is 0 Å². The van der Waals surface area contributed by atoms with Crippen LogP contribution in [-0.4, -0.2) is 63.1 Å².